The maximum atomic E-state index is 11.3. The van der Waals surface area contributed by atoms with Crippen LogP contribution >= 0.6 is 0 Å². The second-order valence-electron chi connectivity index (χ2n) is 5.33. The van der Waals surface area contributed by atoms with Gasteiger partial charge in [-0.05, 0) is 6.42 Å². The minimum Gasteiger partial charge on any atom is -0.269 e. The van der Waals surface area contributed by atoms with Gasteiger partial charge in [-0.3, -0.25) is 4.18 Å². The SMILES string of the molecule is CCCCCCCCCCCCOS(=O)(=O)CS(=O)(=O)ON. The average Bonchev–Trinajstić information content (AvgIpc) is 2.43. The highest BCUT2D eigenvalue weighted by Gasteiger charge is 2.23. The van der Waals surface area contributed by atoms with Crippen molar-refractivity contribution in [1.29, 1.82) is 0 Å². The molecule has 0 bridgehead atoms. The van der Waals surface area contributed by atoms with Gasteiger partial charge in [0.2, 0.25) is 5.08 Å². The first-order valence-electron chi connectivity index (χ1n) is 7.81. The van der Waals surface area contributed by atoms with Crippen LogP contribution in [0, 0.1) is 0 Å². The van der Waals surface area contributed by atoms with Crippen molar-refractivity contribution in [2.45, 2.75) is 71.1 Å². The molecule has 0 aromatic carbocycles. The molecule has 0 saturated carbocycles. The van der Waals surface area contributed by atoms with Crippen molar-refractivity contribution in [2.24, 2.45) is 5.90 Å². The fraction of sp³-hybridized carbons (Fsp3) is 1.00. The van der Waals surface area contributed by atoms with Crippen molar-refractivity contribution in [3.63, 3.8) is 0 Å². The van der Waals surface area contributed by atoms with Crippen molar-refractivity contribution in [2.75, 3.05) is 11.7 Å². The van der Waals surface area contributed by atoms with Crippen LogP contribution in [0.1, 0.15) is 71.1 Å². The molecule has 0 aromatic heterocycles. The second kappa shape index (κ2) is 12.2. The molecule has 0 amide bonds. The van der Waals surface area contributed by atoms with E-state index in [4.69, 9.17) is 0 Å². The number of unbranched alkanes of at least 4 members (excludes halogenated alkanes) is 9. The molecule has 0 aliphatic heterocycles. The van der Waals surface area contributed by atoms with Gasteiger partial charge in [-0.25, -0.2) is 0 Å². The number of hydrogen-bond donors (Lipinski definition) is 1. The zero-order chi connectivity index (χ0) is 16.9. The normalized spacial score (nSPS) is 12.6. The van der Waals surface area contributed by atoms with Gasteiger partial charge in [0, 0.05) is 0 Å². The Hall–Kier alpha value is -0.220. The first-order chi connectivity index (χ1) is 10.3. The van der Waals surface area contributed by atoms with Gasteiger partial charge in [0.05, 0.1) is 6.61 Å². The molecule has 0 radical (unpaired) electrons. The van der Waals surface area contributed by atoms with Gasteiger partial charge >= 0.3 is 0 Å². The number of rotatable bonds is 15. The number of hydrogen-bond acceptors (Lipinski definition) is 7. The van der Waals surface area contributed by atoms with E-state index >= 15 is 0 Å². The zero-order valence-corrected chi connectivity index (χ0v) is 15.0. The highest BCUT2D eigenvalue weighted by Crippen LogP contribution is 2.11. The first kappa shape index (κ1) is 21.8. The topological polar surface area (TPSA) is 113 Å². The Bertz CT molecular complexity index is 461. The summed E-state index contributed by atoms with van der Waals surface area (Å²) in [6, 6.07) is 0. The maximum absolute atomic E-state index is 11.3. The Kier molecular flexibility index (Phi) is 12.1. The van der Waals surface area contributed by atoms with Crippen molar-refractivity contribution in [3.8, 4) is 0 Å². The molecule has 7 nitrogen and oxygen atoms in total. The Morgan fingerprint density at radius 1 is 0.727 bits per heavy atom. The minimum absolute atomic E-state index is 0.0150. The van der Waals surface area contributed by atoms with Crippen LogP contribution in [0.3, 0.4) is 0 Å². The highest BCUT2D eigenvalue weighted by molar-refractivity contribution is 8.03. The smallest absolute Gasteiger partial charge is 0.269 e. The molecule has 2 N–H and O–H groups in total. The van der Waals surface area contributed by atoms with Crippen molar-refractivity contribution in [3.05, 3.63) is 0 Å². The van der Waals surface area contributed by atoms with E-state index in [9.17, 15) is 16.8 Å². The van der Waals surface area contributed by atoms with E-state index in [1.807, 2.05) is 0 Å². The second-order valence-corrected chi connectivity index (χ2v) is 8.94. The summed E-state index contributed by atoms with van der Waals surface area (Å²) < 4.78 is 52.7. The average molecular weight is 360 g/mol. The van der Waals surface area contributed by atoms with Gasteiger partial charge < -0.3 is 0 Å². The molecule has 0 aromatic rings. The van der Waals surface area contributed by atoms with Gasteiger partial charge in [-0.2, -0.15) is 27.0 Å². The summed E-state index contributed by atoms with van der Waals surface area (Å²) in [6.45, 7) is 2.18. The van der Waals surface area contributed by atoms with Gasteiger partial charge in [0.25, 0.3) is 20.2 Å². The third-order valence-electron chi connectivity index (χ3n) is 3.20. The molecule has 0 fully saturated rings. The Balaban J connectivity index is 3.53. The molecule has 0 saturated heterocycles. The standard InChI is InChI=1S/C13H29NO6S2/c1-2-3-4-5-6-7-8-9-10-11-12-19-21(15,16)13-22(17,18)20-14/h2-14H2,1H3. The van der Waals surface area contributed by atoms with E-state index in [1.54, 1.807) is 0 Å². The summed E-state index contributed by atoms with van der Waals surface area (Å²) in [5.74, 6) is 4.47. The third-order valence-corrected chi connectivity index (χ3v) is 6.32. The van der Waals surface area contributed by atoms with Crippen LogP contribution in [0.4, 0.5) is 0 Å². The van der Waals surface area contributed by atoms with Crippen molar-refractivity contribution < 1.29 is 25.3 Å². The van der Waals surface area contributed by atoms with Crippen LogP contribution in [0.2, 0.25) is 0 Å². The summed E-state index contributed by atoms with van der Waals surface area (Å²) in [4.78, 5) is 0. The van der Waals surface area contributed by atoms with E-state index in [-0.39, 0.29) is 6.61 Å². The maximum Gasteiger partial charge on any atom is 0.300 e. The molecule has 134 valence electrons. The molecule has 0 rings (SSSR count). The fourth-order valence-corrected chi connectivity index (χ4v) is 4.29. The lowest BCUT2D eigenvalue weighted by Gasteiger charge is -2.05. The van der Waals surface area contributed by atoms with E-state index in [1.165, 1.54) is 38.5 Å². The predicted molar refractivity (Wildman–Crippen MR) is 85.8 cm³/mol. The monoisotopic (exact) mass is 359 g/mol. The first-order valence-corrected chi connectivity index (χ1v) is 11.0. The summed E-state index contributed by atoms with van der Waals surface area (Å²) in [7, 11) is -8.43. The van der Waals surface area contributed by atoms with Crippen LogP contribution < -0.4 is 5.90 Å². The van der Waals surface area contributed by atoms with E-state index in [2.05, 4.69) is 21.3 Å². The van der Waals surface area contributed by atoms with Gasteiger partial charge in [0.15, 0.2) is 0 Å². The molecule has 22 heavy (non-hydrogen) atoms. The molecule has 9 heteroatoms. The highest BCUT2D eigenvalue weighted by atomic mass is 32.3. The van der Waals surface area contributed by atoms with E-state index < -0.39 is 25.3 Å². The summed E-state index contributed by atoms with van der Waals surface area (Å²) in [6.07, 6.45) is 11.2. The van der Waals surface area contributed by atoms with E-state index in [0.29, 0.717) is 6.42 Å². The number of nitrogens with two attached hydrogens (primary N) is 1. The molecular weight excluding hydrogens is 330 g/mol. The third kappa shape index (κ3) is 13.4. The molecule has 0 heterocycles. The zero-order valence-electron chi connectivity index (χ0n) is 13.3. The lowest BCUT2D eigenvalue weighted by Crippen LogP contribution is -2.23. The molecule has 0 aliphatic rings. The molecule has 0 unspecified atom stereocenters. The van der Waals surface area contributed by atoms with Gasteiger partial charge in [-0.15, -0.1) is 0 Å². The van der Waals surface area contributed by atoms with Crippen LogP contribution in [0.25, 0.3) is 0 Å². The quantitative estimate of drug-likeness (QED) is 0.271. The van der Waals surface area contributed by atoms with Crippen LogP contribution in [-0.4, -0.2) is 28.5 Å². The molecular formula is C13H29NO6S2. The van der Waals surface area contributed by atoms with Crippen LogP contribution in [-0.2, 0) is 28.7 Å². The molecule has 0 atom stereocenters. The largest absolute Gasteiger partial charge is 0.300 e. The lowest BCUT2D eigenvalue weighted by molar-refractivity contribution is 0.304. The Morgan fingerprint density at radius 3 is 1.64 bits per heavy atom. The van der Waals surface area contributed by atoms with Gasteiger partial charge in [0.1, 0.15) is 0 Å². The molecule has 0 spiro atoms. The predicted octanol–water partition coefficient (Wildman–Crippen LogP) is 2.43. The van der Waals surface area contributed by atoms with Crippen LogP contribution in [0.15, 0.2) is 0 Å². The Morgan fingerprint density at radius 2 is 1.18 bits per heavy atom. The van der Waals surface area contributed by atoms with Gasteiger partial charge in [-0.1, -0.05) is 64.7 Å². The minimum atomic E-state index is -4.28. The van der Waals surface area contributed by atoms with Crippen molar-refractivity contribution in [1.82, 2.24) is 0 Å². The summed E-state index contributed by atoms with van der Waals surface area (Å²) in [5, 5.41) is -1.26. The summed E-state index contributed by atoms with van der Waals surface area (Å²) >= 11 is 0. The Labute approximate surface area is 134 Å². The summed E-state index contributed by atoms with van der Waals surface area (Å²) in [5.41, 5.74) is 0. The lowest BCUT2D eigenvalue weighted by atomic mass is 10.1. The van der Waals surface area contributed by atoms with E-state index in [0.717, 1.165) is 19.3 Å². The fourth-order valence-electron chi connectivity index (χ4n) is 2.01. The molecule has 0 aliphatic carbocycles. The van der Waals surface area contributed by atoms with Crippen molar-refractivity contribution >= 4 is 20.2 Å². The van der Waals surface area contributed by atoms with Crippen LogP contribution in [0.5, 0.6) is 0 Å².